The first-order valence-corrected chi connectivity index (χ1v) is 8.05. The van der Waals surface area contributed by atoms with Crippen LogP contribution >= 0.6 is 23.8 Å². The highest BCUT2D eigenvalue weighted by Crippen LogP contribution is 2.27. The largest absolute Gasteiger partial charge is 0.389 e. The summed E-state index contributed by atoms with van der Waals surface area (Å²) >= 11 is 10.9. The predicted molar refractivity (Wildman–Crippen MR) is 87.2 cm³/mol. The number of halogens is 1. The van der Waals surface area contributed by atoms with Gasteiger partial charge in [-0.2, -0.15) is 0 Å². The number of hydrogen-bond acceptors (Lipinski definition) is 4. The van der Waals surface area contributed by atoms with Crippen LogP contribution in [0.15, 0.2) is 47.6 Å². The van der Waals surface area contributed by atoms with Crippen molar-refractivity contribution in [3.8, 4) is 0 Å². The predicted octanol–water partition coefficient (Wildman–Crippen LogP) is 2.19. The van der Waals surface area contributed by atoms with E-state index in [2.05, 4.69) is 4.98 Å². The molecule has 0 aliphatic rings. The smallest absolute Gasteiger partial charge is 0.265 e. The Bertz CT molecular complexity index is 779. The number of anilines is 1. The van der Waals surface area contributed by atoms with Gasteiger partial charge in [0.05, 0.1) is 16.9 Å². The van der Waals surface area contributed by atoms with Crippen molar-refractivity contribution in [1.29, 1.82) is 0 Å². The van der Waals surface area contributed by atoms with E-state index in [1.165, 1.54) is 25.4 Å². The van der Waals surface area contributed by atoms with Gasteiger partial charge in [-0.1, -0.05) is 29.9 Å². The molecular weight excluding hydrogens is 330 g/mol. The monoisotopic (exact) mass is 341 g/mol. The molecule has 0 bridgehead atoms. The Labute approximate surface area is 133 Å². The van der Waals surface area contributed by atoms with Gasteiger partial charge in [0.1, 0.15) is 9.88 Å². The lowest BCUT2D eigenvalue weighted by atomic mass is 10.2. The zero-order valence-electron chi connectivity index (χ0n) is 11.0. The van der Waals surface area contributed by atoms with E-state index in [0.717, 1.165) is 4.31 Å². The van der Waals surface area contributed by atoms with Crippen molar-refractivity contribution in [1.82, 2.24) is 4.98 Å². The number of aromatic nitrogens is 1. The highest BCUT2D eigenvalue weighted by Gasteiger charge is 2.24. The van der Waals surface area contributed by atoms with Crippen LogP contribution in [0, 0.1) is 0 Å². The van der Waals surface area contributed by atoms with E-state index < -0.39 is 10.0 Å². The first kappa shape index (κ1) is 15.7. The fourth-order valence-electron chi connectivity index (χ4n) is 1.68. The number of nitrogens with two attached hydrogens (primary N) is 1. The van der Waals surface area contributed by atoms with Crippen LogP contribution in [0.2, 0.25) is 5.02 Å². The number of rotatable bonds is 4. The molecule has 0 saturated carbocycles. The number of benzene rings is 1. The van der Waals surface area contributed by atoms with Crippen molar-refractivity contribution in [2.24, 2.45) is 5.73 Å². The molecule has 0 atom stereocenters. The van der Waals surface area contributed by atoms with Crippen LogP contribution in [-0.4, -0.2) is 25.4 Å². The van der Waals surface area contributed by atoms with Crippen LogP contribution in [0.1, 0.15) is 5.56 Å². The molecule has 1 heterocycles. The van der Waals surface area contributed by atoms with Gasteiger partial charge in [-0.25, -0.2) is 8.42 Å². The Morgan fingerprint density at radius 1 is 1.38 bits per heavy atom. The van der Waals surface area contributed by atoms with Gasteiger partial charge >= 0.3 is 0 Å². The lowest BCUT2D eigenvalue weighted by molar-refractivity contribution is 0.594. The molecule has 0 amide bonds. The Balaban J connectivity index is 2.54. The zero-order valence-corrected chi connectivity index (χ0v) is 13.4. The second-order valence-electron chi connectivity index (χ2n) is 4.19. The molecule has 8 heteroatoms. The number of hydrogen-bond donors (Lipinski definition) is 1. The van der Waals surface area contributed by atoms with E-state index >= 15 is 0 Å². The molecule has 21 heavy (non-hydrogen) atoms. The number of thiocarbonyl (C=S) groups is 1. The summed E-state index contributed by atoms with van der Waals surface area (Å²) < 4.78 is 26.4. The van der Waals surface area contributed by atoms with Crippen LogP contribution in [0.5, 0.6) is 0 Å². The van der Waals surface area contributed by atoms with Gasteiger partial charge in [0, 0.05) is 18.8 Å². The van der Waals surface area contributed by atoms with Crippen LogP contribution < -0.4 is 10.0 Å². The fourth-order valence-corrected chi connectivity index (χ4v) is 3.49. The van der Waals surface area contributed by atoms with Crippen molar-refractivity contribution in [2.45, 2.75) is 4.90 Å². The molecule has 1 aromatic carbocycles. The second-order valence-corrected chi connectivity index (χ2v) is 6.98. The lowest BCUT2D eigenvalue weighted by Crippen LogP contribution is -2.27. The average molecular weight is 342 g/mol. The highest BCUT2D eigenvalue weighted by molar-refractivity contribution is 7.93. The van der Waals surface area contributed by atoms with Crippen LogP contribution in [0.4, 0.5) is 5.69 Å². The van der Waals surface area contributed by atoms with Gasteiger partial charge in [-0.3, -0.25) is 9.29 Å². The summed E-state index contributed by atoms with van der Waals surface area (Å²) in [5.41, 5.74) is 6.40. The topological polar surface area (TPSA) is 76.3 Å². The third kappa shape index (κ3) is 3.15. The van der Waals surface area contributed by atoms with E-state index in [9.17, 15) is 8.42 Å². The Morgan fingerprint density at radius 3 is 2.67 bits per heavy atom. The van der Waals surface area contributed by atoms with E-state index in [1.807, 2.05) is 0 Å². The maximum absolute atomic E-state index is 12.7. The summed E-state index contributed by atoms with van der Waals surface area (Å²) in [6.07, 6.45) is 3.01. The minimum Gasteiger partial charge on any atom is -0.389 e. The molecule has 0 saturated heterocycles. The highest BCUT2D eigenvalue weighted by atomic mass is 35.5. The zero-order chi connectivity index (χ0) is 15.6. The first-order valence-electron chi connectivity index (χ1n) is 5.82. The molecule has 1 aromatic heterocycles. The molecule has 110 valence electrons. The van der Waals surface area contributed by atoms with Crippen LogP contribution in [0.25, 0.3) is 0 Å². The van der Waals surface area contributed by atoms with Gasteiger partial charge in [-0.05, 0) is 24.3 Å². The molecule has 0 radical (unpaired) electrons. The number of sulfonamides is 1. The summed E-state index contributed by atoms with van der Waals surface area (Å²) in [6.45, 7) is 0. The normalized spacial score (nSPS) is 11.1. The number of pyridine rings is 1. The van der Waals surface area contributed by atoms with E-state index in [0.29, 0.717) is 11.3 Å². The average Bonchev–Trinajstić information content (AvgIpc) is 2.47. The Hall–Kier alpha value is -1.70. The van der Waals surface area contributed by atoms with Gasteiger partial charge in [0.15, 0.2) is 0 Å². The Morgan fingerprint density at radius 2 is 2.10 bits per heavy atom. The maximum Gasteiger partial charge on any atom is 0.265 e. The Kier molecular flexibility index (Phi) is 4.46. The van der Waals surface area contributed by atoms with Gasteiger partial charge < -0.3 is 5.73 Å². The number of nitrogens with zero attached hydrogens (tertiary/aromatic N) is 2. The minimum absolute atomic E-state index is 0.0548. The summed E-state index contributed by atoms with van der Waals surface area (Å²) in [5.74, 6) is 0. The molecule has 2 aromatic rings. The van der Waals surface area contributed by atoms with Gasteiger partial charge in [0.25, 0.3) is 10.0 Å². The summed E-state index contributed by atoms with van der Waals surface area (Å²) in [5, 5.41) is 0.103. The molecule has 0 aliphatic carbocycles. The van der Waals surface area contributed by atoms with Crippen molar-refractivity contribution >= 4 is 44.5 Å². The maximum atomic E-state index is 12.7. The molecule has 2 rings (SSSR count). The van der Waals surface area contributed by atoms with Crippen LogP contribution in [-0.2, 0) is 10.0 Å². The molecule has 0 spiro atoms. The van der Waals surface area contributed by atoms with Gasteiger partial charge in [-0.15, -0.1) is 0 Å². The van der Waals surface area contributed by atoms with Crippen molar-refractivity contribution in [3.05, 3.63) is 53.3 Å². The molecule has 5 nitrogen and oxygen atoms in total. The van der Waals surface area contributed by atoms with Crippen molar-refractivity contribution < 1.29 is 8.42 Å². The van der Waals surface area contributed by atoms with Crippen molar-refractivity contribution in [2.75, 3.05) is 11.4 Å². The van der Waals surface area contributed by atoms with Crippen LogP contribution in [0.3, 0.4) is 0 Å². The molecule has 2 N–H and O–H groups in total. The van der Waals surface area contributed by atoms with Gasteiger partial charge in [0.2, 0.25) is 0 Å². The SMILES string of the molecule is CN(c1cccnc1)S(=O)(=O)c1cc(C(N)=S)ccc1Cl. The van der Waals surface area contributed by atoms with E-state index in [-0.39, 0.29) is 14.9 Å². The third-order valence-electron chi connectivity index (χ3n) is 2.86. The molecule has 0 aliphatic heterocycles. The molecular formula is C13H12ClN3O2S2. The fraction of sp³-hybridized carbons (Fsp3) is 0.0769. The summed E-state index contributed by atoms with van der Waals surface area (Å²) in [4.78, 5) is 3.95. The first-order chi connectivity index (χ1) is 9.84. The van der Waals surface area contributed by atoms with Crippen molar-refractivity contribution in [3.63, 3.8) is 0 Å². The van der Waals surface area contributed by atoms with E-state index in [1.54, 1.807) is 24.4 Å². The second kappa shape index (κ2) is 5.97. The standard InChI is InChI=1S/C13H12ClN3O2S2/c1-17(10-3-2-6-16-8-10)21(18,19)12-7-9(13(15)20)4-5-11(12)14/h2-8H,1H3,(H2,15,20). The third-order valence-corrected chi connectivity index (χ3v) is 5.37. The lowest BCUT2D eigenvalue weighted by Gasteiger charge is -2.20. The molecule has 0 fully saturated rings. The summed E-state index contributed by atoms with van der Waals surface area (Å²) in [6, 6.07) is 7.69. The quantitative estimate of drug-likeness (QED) is 0.863. The summed E-state index contributed by atoms with van der Waals surface area (Å²) in [7, 11) is -2.41. The van der Waals surface area contributed by atoms with E-state index in [4.69, 9.17) is 29.6 Å². The molecule has 0 unspecified atom stereocenters. The minimum atomic E-state index is -3.83.